The van der Waals surface area contributed by atoms with Gasteiger partial charge in [0.05, 0.1) is 4.92 Å². The number of anilines is 1. The Morgan fingerprint density at radius 1 is 1.35 bits per heavy atom. The van der Waals surface area contributed by atoms with Gasteiger partial charge < -0.3 is 5.32 Å². The summed E-state index contributed by atoms with van der Waals surface area (Å²) in [6, 6.07) is 12.4. The summed E-state index contributed by atoms with van der Waals surface area (Å²) in [4.78, 5) is 14.5. The van der Waals surface area contributed by atoms with Crippen molar-refractivity contribution >= 4 is 11.5 Å². The van der Waals surface area contributed by atoms with Crippen LogP contribution >= 0.6 is 0 Å². The van der Waals surface area contributed by atoms with Gasteiger partial charge in [-0.3, -0.25) is 10.1 Å². The highest BCUT2D eigenvalue weighted by atomic mass is 16.6. The van der Waals surface area contributed by atoms with E-state index in [1.54, 1.807) is 13.0 Å². The van der Waals surface area contributed by atoms with Gasteiger partial charge in [-0.1, -0.05) is 30.3 Å². The molecule has 5 heteroatoms. The Labute approximate surface area is 116 Å². The van der Waals surface area contributed by atoms with Crippen molar-refractivity contribution in [1.29, 1.82) is 0 Å². The monoisotopic (exact) mass is 269 g/mol. The van der Waals surface area contributed by atoms with E-state index in [0.29, 0.717) is 23.3 Å². The summed E-state index contributed by atoms with van der Waals surface area (Å²) in [6.07, 6.45) is 2.39. The van der Waals surface area contributed by atoms with E-state index < -0.39 is 4.92 Å². The molecule has 1 heterocycles. The van der Waals surface area contributed by atoms with E-state index >= 15 is 0 Å². The standard InChI is InChI=1S/C15H15N3O2/c1-10-7-15(16-9-14(10)18(19)20)17-13-8-12(13)11-5-3-2-4-6-11/h2-7,9,12-13H,8H2,1H3,(H,16,17). The first kappa shape index (κ1) is 12.6. The number of hydrogen-bond acceptors (Lipinski definition) is 4. The van der Waals surface area contributed by atoms with Crippen molar-refractivity contribution in [3.63, 3.8) is 0 Å². The third kappa shape index (κ3) is 2.47. The summed E-state index contributed by atoms with van der Waals surface area (Å²) in [7, 11) is 0. The Hall–Kier alpha value is -2.43. The molecule has 2 unspecified atom stereocenters. The lowest BCUT2D eigenvalue weighted by Crippen LogP contribution is -2.06. The van der Waals surface area contributed by atoms with Crippen LogP contribution in [0, 0.1) is 17.0 Å². The van der Waals surface area contributed by atoms with Crippen LogP contribution < -0.4 is 5.32 Å². The fourth-order valence-electron chi connectivity index (χ4n) is 2.43. The maximum Gasteiger partial charge on any atom is 0.290 e. The molecule has 20 heavy (non-hydrogen) atoms. The van der Waals surface area contributed by atoms with Crippen LogP contribution in [0.5, 0.6) is 0 Å². The van der Waals surface area contributed by atoms with Gasteiger partial charge in [0.2, 0.25) is 0 Å². The molecule has 1 aromatic carbocycles. The largest absolute Gasteiger partial charge is 0.367 e. The number of nitrogens with one attached hydrogen (secondary N) is 1. The molecule has 1 aliphatic rings. The minimum atomic E-state index is -0.407. The second kappa shape index (κ2) is 4.92. The summed E-state index contributed by atoms with van der Waals surface area (Å²) in [5, 5.41) is 14.1. The number of nitrogens with zero attached hydrogens (tertiary/aromatic N) is 2. The molecular weight excluding hydrogens is 254 g/mol. The van der Waals surface area contributed by atoms with Crippen molar-refractivity contribution in [3.05, 3.63) is 63.8 Å². The van der Waals surface area contributed by atoms with E-state index in [1.165, 1.54) is 11.8 Å². The van der Waals surface area contributed by atoms with E-state index in [-0.39, 0.29) is 5.69 Å². The number of pyridine rings is 1. The number of aryl methyl sites for hydroxylation is 1. The molecule has 5 nitrogen and oxygen atoms in total. The maximum absolute atomic E-state index is 10.7. The molecule has 0 spiro atoms. The lowest BCUT2D eigenvalue weighted by atomic mass is 10.1. The van der Waals surface area contributed by atoms with E-state index in [0.717, 1.165) is 6.42 Å². The normalized spacial score (nSPS) is 20.4. The van der Waals surface area contributed by atoms with E-state index in [4.69, 9.17) is 0 Å². The van der Waals surface area contributed by atoms with Gasteiger partial charge in [0, 0.05) is 17.5 Å². The first-order valence-corrected chi connectivity index (χ1v) is 6.57. The Balaban J connectivity index is 1.68. The number of benzene rings is 1. The summed E-state index contributed by atoms with van der Waals surface area (Å²) >= 11 is 0. The van der Waals surface area contributed by atoms with E-state index in [2.05, 4.69) is 22.4 Å². The van der Waals surface area contributed by atoms with Crippen molar-refractivity contribution < 1.29 is 4.92 Å². The molecule has 0 saturated heterocycles. The third-order valence-electron chi connectivity index (χ3n) is 3.63. The average molecular weight is 269 g/mol. The molecule has 1 saturated carbocycles. The maximum atomic E-state index is 10.7. The molecule has 0 bridgehead atoms. The molecular formula is C15H15N3O2. The van der Waals surface area contributed by atoms with Crippen molar-refractivity contribution in [3.8, 4) is 0 Å². The molecule has 2 atom stereocenters. The van der Waals surface area contributed by atoms with Gasteiger partial charge in [-0.2, -0.15) is 0 Å². The Morgan fingerprint density at radius 2 is 2.10 bits per heavy atom. The molecule has 0 amide bonds. The second-order valence-corrected chi connectivity index (χ2v) is 5.12. The van der Waals surface area contributed by atoms with E-state index in [9.17, 15) is 10.1 Å². The van der Waals surface area contributed by atoms with Crippen LogP contribution in [0.1, 0.15) is 23.5 Å². The van der Waals surface area contributed by atoms with Crippen LogP contribution in [0.4, 0.5) is 11.5 Å². The van der Waals surface area contributed by atoms with Crippen molar-refractivity contribution in [2.75, 3.05) is 5.32 Å². The van der Waals surface area contributed by atoms with Gasteiger partial charge in [0.25, 0.3) is 5.69 Å². The smallest absolute Gasteiger partial charge is 0.290 e. The predicted molar refractivity (Wildman–Crippen MR) is 76.8 cm³/mol. The van der Waals surface area contributed by atoms with Crippen molar-refractivity contribution in [2.45, 2.75) is 25.3 Å². The molecule has 1 fully saturated rings. The van der Waals surface area contributed by atoms with Crippen LogP contribution in [0.3, 0.4) is 0 Å². The minimum Gasteiger partial charge on any atom is -0.367 e. The molecule has 2 aromatic rings. The first-order valence-electron chi connectivity index (χ1n) is 6.57. The highest BCUT2D eigenvalue weighted by Crippen LogP contribution is 2.42. The number of nitro groups is 1. The summed E-state index contributed by atoms with van der Waals surface area (Å²) in [6.45, 7) is 1.73. The van der Waals surface area contributed by atoms with Crippen LogP contribution in [0.25, 0.3) is 0 Å². The van der Waals surface area contributed by atoms with Gasteiger partial charge in [-0.15, -0.1) is 0 Å². The van der Waals surface area contributed by atoms with Gasteiger partial charge >= 0.3 is 0 Å². The highest BCUT2D eigenvalue weighted by molar-refractivity contribution is 5.49. The third-order valence-corrected chi connectivity index (χ3v) is 3.63. The topological polar surface area (TPSA) is 68.1 Å². The Kier molecular flexibility index (Phi) is 3.10. The SMILES string of the molecule is Cc1cc(NC2CC2c2ccccc2)ncc1[N+](=O)[O-]. The van der Waals surface area contributed by atoms with Crippen LogP contribution in [0.15, 0.2) is 42.6 Å². The van der Waals surface area contributed by atoms with Crippen LogP contribution in [-0.4, -0.2) is 15.9 Å². The Morgan fingerprint density at radius 3 is 2.75 bits per heavy atom. The highest BCUT2D eigenvalue weighted by Gasteiger charge is 2.38. The van der Waals surface area contributed by atoms with Gasteiger partial charge in [0.15, 0.2) is 0 Å². The number of hydrogen-bond donors (Lipinski definition) is 1. The lowest BCUT2D eigenvalue weighted by molar-refractivity contribution is -0.385. The summed E-state index contributed by atoms with van der Waals surface area (Å²) in [5.41, 5.74) is 2.01. The second-order valence-electron chi connectivity index (χ2n) is 5.12. The fourth-order valence-corrected chi connectivity index (χ4v) is 2.43. The minimum absolute atomic E-state index is 0.0611. The molecule has 102 valence electrons. The summed E-state index contributed by atoms with van der Waals surface area (Å²) in [5.74, 6) is 1.21. The van der Waals surface area contributed by atoms with Crippen LogP contribution in [-0.2, 0) is 0 Å². The van der Waals surface area contributed by atoms with Gasteiger partial charge in [-0.25, -0.2) is 4.98 Å². The number of rotatable bonds is 4. The predicted octanol–water partition coefficient (Wildman–Crippen LogP) is 3.27. The molecule has 0 radical (unpaired) electrons. The zero-order valence-corrected chi connectivity index (χ0v) is 11.1. The quantitative estimate of drug-likeness (QED) is 0.683. The lowest BCUT2D eigenvalue weighted by Gasteiger charge is -2.06. The average Bonchev–Trinajstić information content (AvgIpc) is 3.18. The zero-order chi connectivity index (χ0) is 14.1. The number of aromatic nitrogens is 1. The van der Waals surface area contributed by atoms with Crippen molar-refractivity contribution in [2.24, 2.45) is 0 Å². The van der Waals surface area contributed by atoms with Crippen LogP contribution in [0.2, 0.25) is 0 Å². The fraction of sp³-hybridized carbons (Fsp3) is 0.267. The summed E-state index contributed by atoms with van der Waals surface area (Å²) < 4.78 is 0. The van der Waals surface area contributed by atoms with E-state index in [1.807, 2.05) is 18.2 Å². The van der Waals surface area contributed by atoms with Gasteiger partial charge in [0.1, 0.15) is 12.0 Å². The molecule has 1 N–H and O–H groups in total. The Bertz CT molecular complexity index is 643. The zero-order valence-electron chi connectivity index (χ0n) is 11.1. The van der Waals surface area contributed by atoms with Crippen molar-refractivity contribution in [1.82, 2.24) is 4.98 Å². The molecule has 0 aliphatic heterocycles. The molecule has 3 rings (SSSR count). The molecule has 1 aromatic heterocycles. The molecule has 1 aliphatic carbocycles. The first-order chi connectivity index (χ1) is 9.65. The van der Waals surface area contributed by atoms with Gasteiger partial charge in [-0.05, 0) is 25.0 Å².